The molecule has 35 heavy (non-hydrogen) atoms. The first-order valence-electron chi connectivity index (χ1n) is 11.2. The predicted molar refractivity (Wildman–Crippen MR) is 124 cm³/mol. The van der Waals surface area contributed by atoms with Crippen LogP contribution in [0.3, 0.4) is 0 Å². The molecule has 0 radical (unpaired) electrons. The quantitative estimate of drug-likeness (QED) is 0.284. The van der Waals surface area contributed by atoms with Crippen LogP contribution in [0.1, 0.15) is 11.8 Å². The van der Waals surface area contributed by atoms with Gasteiger partial charge in [-0.2, -0.15) is 0 Å². The Bertz CT molecular complexity index is 1510. The van der Waals surface area contributed by atoms with Crippen LogP contribution >= 0.6 is 0 Å². The Morgan fingerprint density at radius 1 is 1.14 bits per heavy atom. The molecule has 1 aromatic carbocycles. The van der Waals surface area contributed by atoms with E-state index in [0.717, 1.165) is 16.5 Å². The second-order valence-electron chi connectivity index (χ2n) is 8.41. The first kappa shape index (κ1) is 21.5. The lowest BCUT2D eigenvalue weighted by Gasteiger charge is -2.16. The molecule has 5 heterocycles. The highest BCUT2D eigenvalue weighted by Gasteiger charge is 2.45. The molecular weight excluding hydrogens is 454 g/mol. The van der Waals surface area contributed by atoms with Crippen molar-refractivity contribution < 1.29 is 24.5 Å². The van der Waals surface area contributed by atoms with E-state index in [1.54, 1.807) is 27.7 Å². The van der Waals surface area contributed by atoms with Crippen molar-refractivity contribution in [1.29, 1.82) is 0 Å². The van der Waals surface area contributed by atoms with Crippen LogP contribution in [0.15, 0.2) is 55.5 Å². The minimum atomic E-state index is -1.26. The van der Waals surface area contributed by atoms with Crippen LogP contribution in [0.2, 0.25) is 0 Å². The number of aliphatic hydroxyl groups is 2. The molecule has 0 spiro atoms. The lowest BCUT2D eigenvalue weighted by Crippen LogP contribution is -2.36. The molecule has 5 aromatic rings. The van der Waals surface area contributed by atoms with E-state index in [-0.39, 0.29) is 6.61 Å². The number of hydrogen-bond donors (Lipinski definition) is 4. The minimum Gasteiger partial charge on any atom is -0.447 e. The van der Waals surface area contributed by atoms with Gasteiger partial charge in [-0.05, 0) is 18.1 Å². The summed E-state index contributed by atoms with van der Waals surface area (Å²) in [6, 6.07) is 7.95. The highest BCUT2D eigenvalue weighted by molar-refractivity contribution is 5.85. The number of alkyl carbamates (subject to hydrolysis) is 1. The molecule has 4 aromatic heterocycles. The van der Waals surface area contributed by atoms with Gasteiger partial charge in [0.2, 0.25) is 0 Å². The van der Waals surface area contributed by atoms with Crippen LogP contribution in [0.25, 0.3) is 27.7 Å². The third-order valence-corrected chi connectivity index (χ3v) is 6.28. The molecule has 12 heteroatoms. The van der Waals surface area contributed by atoms with Crippen molar-refractivity contribution in [3.63, 3.8) is 0 Å². The van der Waals surface area contributed by atoms with E-state index in [2.05, 4.69) is 25.3 Å². The Morgan fingerprint density at radius 2 is 2.03 bits per heavy atom. The summed E-state index contributed by atoms with van der Waals surface area (Å²) in [6.07, 6.45) is 4.01. The van der Waals surface area contributed by atoms with Gasteiger partial charge >= 0.3 is 6.09 Å². The molecule has 0 unspecified atom stereocenters. The number of H-pyrrole nitrogens is 1. The fourth-order valence-electron chi connectivity index (χ4n) is 4.48. The van der Waals surface area contributed by atoms with Crippen LogP contribution in [0.5, 0.6) is 0 Å². The topological polar surface area (TPSA) is 152 Å². The number of rotatable bonds is 6. The number of aromatic nitrogens is 6. The molecular formula is C23H23N7O5. The van der Waals surface area contributed by atoms with E-state index in [0.29, 0.717) is 29.8 Å². The maximum Gasteiger partial charge on any atom is 0.407 e. The fraction of sp³-hybridized carbons (Fsp3) is 0.304. The van der Waals surface area contributed by atoms with Gasteiger partial charge in [0.25, 0.3) is 0 Å². The molecule has 0 bridgehead atoms. The number of imidazole rings is 2. The monoisotopic (exact) mass is 477 g/mol. The van der Waals surface area contributed by atoms with E-state index in [1.165, 1.54) is 6.33 Å². The zero-order chi connectivity index (χ0) is 23.9. The third-order valence-electron chi connectivity index (χ3n) is 6.28. The standard InChI is InChI=1S/C23H23N7O5/c31-18-16(10-34-23(33)25-6-5-13-9-26-15-4-2-1-3-14(13)15)35-22(19(18)32)30-12-27-17-20-24-7-8-29(20)11-28-21(17)30/h1-4,7-9,11-12,16,18-19,22,26,31-32H,5-6,10H2,(H,25,33)/t16-,18-,19-,22-/m1/s1. The van der Waals surface area contributed by atoms with Crippen molar-refractivity contribution in [1.82, 2.24) is 34.2 Å². The van der Waals surface area contributed by atoms with E-state index in [9.17, 15) is 15.0 Å². The van der Waals surface area contributed by atoms with Crippen LogP contribution in [0, 0.1) is 0 Å². The lowest BCUT2D eigenvalue weighted by molar-refractivity contribution is -0.0533. The number of aromatic amines is 1. The minimum absolute atomic E-state index is 0.224. The van der Waals surface area contributed by atoms with Crippen LogP contribution in [-0.2, 0) is 15.9 Å². The Hall–Kier alpha value is -4.00. The van der Waals surface area contributed by atoms with Gasteiger partial charge < -0.3 is 30.0 Å². The van der Waals surface area contributed by atoms with Crippen molar-refractivity contribution in [3.8, 4) is 0 Å². The van der Waals surface area contributed by atoms with E-state index in [1.807, 2.05) is 30.5 Å². The summed E-state index contributed by atoms with van der Waals surface area (Å²) >= 11 is 0. The van der Waals surface area contributed by atoms with Gasteiger partial charge in [-0.3, -0.25) is 8.97 Å². The normalized spacial score (nSPS) is 22.3. The molecule has 4 N–H and O–H groups in total. The zero-order valence-electron chi connectivity index (χ0n) is 18.5. The number of ether oxygens (including phenoxy) is 2. The zero-order valence-corrected chi connectivity index (χ0v) is 18.5. The number of fused-ring (bicyclic) bond motifs is 4. The summed E-state index contributed by atoms with van der Waals surface area (Å²) in [5.41, 5.74) is 3.75. The number of carbonyl (C=O) groups excluding carboxylic acids is 1. The molecule has 1 amide bonds. The number of carbonyl (C=O) groups is 1. The van der Waals surface area contributed by atoms with Crippen LogP contribution < -0.4 is 5.32 Å². The lowest BCUT2D eigenvalue weighted by atomic mass is 10.1. The Balaban J connectivity index is 1.06. The second kappa shape index (κ2) is 8.65. The second-order valence-corrected chi connectivity index (χ2v) is 8.41. The summed E-state index contributed by atoms with van der Waals surface area (Å²) in [5, 5.41) is 24.9. The molecule has 12 nitrogen and oxygen atoms in total. The number of benzene rings is 1. The SMILES string of the molecule is O=C(NCCc1c[nH]c2ccccc12)OC[C@H]1O[C@@H](n2cnc3c2ncn2ccnc32)[C@H](O)[C@@H]1O. The first-order chi connectivity index (χ1) is 17.1. The van der Waals surface area contributed by atoms with Gasteiger partial charge in [-0.25, -0.2) is 19.7 Å². The average Bonchev–Trinajstić information content (AvgIpc) is 3.64. The molecule has 1 aliphatic heterocycles. The molecule has 4 atom stereocenters. The molecule has 6 rings (SSSR count). The Labute approximate surface area is 198 Å². The molecule has 1 saturated heterocycles. The summed E-state index contributed by atoms with van der Waals surface area (Å²) in [4.78, 5) is 28.4. The van der Waals surface area contributed by atoms with Gasteiger partial charge in [0.1, 0.15) is 31.2 Å². The summed E-state index contributed by atoms with van der Waals surface area (Å²) in [5.74, 6) is 0. The van der Waals surface area contributed by atoms with Crippen molar-refractivity contribution in [2.24, 2.45) is 0 Å². The van der Waals surface area contributed by atoms with Crippen molar-refractivity contribution in [3.05, 3.63) is 61.1 Å². The number of nitrogens with zero attached hydrogens (tertiary/aromatic N) is 5. The van der Waals surface area contributed by atoms with Gasteiger partial charge in [0, 0.05) is 36.0 Å². The van der Waals surface area contributed by atoms with E-state index in [4.69, 9.17) is 9.47 Å². The highest BCUT2D eigenvalue weighted by Crippen LogP contribution is 2.32. The van der Waals surface area contributed by atoms with Gasteiger partial charge in [0.05, 0.1) is 6.33 Å². The van der Waals surface area contributed by atoms with Crippen molar-refractivity contribution in [2.45, 2.75) is 31.0 Å². The largest absolute Gasteiger partial charge is 0.447 e. The third kappa shape index (κ3) is 3.77. The first-order valence-corrected chi connectivity index (χ1v) is 11.2. The van der Waals surface area contributed by atoms with Gasteiger partial charge in [-0.15, -0.1) is 0 Å². The molecule has 0 saturated carbocycles. The maximum absolute atomic E-state index is 12.2. The predicted octanol–water partition coefficient (Wildman–Crippen LogP) is 1.15. The molecule has 1 fully saturated rings. The summed E-state index contributed by atoms with van der Waals surface area (Å²) in [6.45, 7) is 0.160. The van der Waals surface area contributed by atoms with Crippen LogP contribution in [-0.4, -0.2) is 76.7 Å². The maximum atomic E-state index is 12.2. The molecule has 0 aliphatic carbocycles. The average molecular weight is 477 g/mol. The van der Waals surface area contributed by atoms with Crippen molar-refractivity contribution >= 4 is 33.8 Å². The van der Waals surface area contributed by atoms with Crippen molar-refractivity contribution in [2.75, 3.05) is 13.2 Å². The Morgan fingerprint density at radius 3 is 2.94 bits per heavy atom. The van der Waals surface area contributed by atoms with Gasteiger partial charge in [0.15, 0.2) is 23.0 Å². The smallest absolute Gasteiger partial charge is 0.407 e. The number of nitrogens with one attached hydrogen (secondary N) is 2. The number of hydrogen-bond acceptors (Lipinski definition) is 8. The number of para-hydroxylation sites is 1. The summed E-state index contributed by atoms with van der Waals surface area (Å²) < 4.78 is 14.4. The molecule has 1 aliphatic rings. The fourth-order valence-corrected chi connectivity index (χ4v) is 4.48. The van der Waals surface area contributed by atoms with Gasteiger partial charge in [-0.1, -0.05) is 18.2 Å². The number of amides is 1. The van der Waals surface area contributed by atoms with Crippen LogP contribution in [0.4, 0.5) is 4.79 Å². The highest BCUT2D eigenvalue weighted by atomic mass is 16.6. The summed E-state index contributed by atoms with van der Waals surface area (Å²) in [7, 11) is 0. The van der Waals surface area contributed by atoms with E-state index < -0.39 is 30.6 Å². The van der Waals surface area contributed by atoms with E-state index >= 15 is 0 Å². The molecule has 180 valence electrons. The Kier molecular flexibility index (Phi) is 5.32. The number of aliphatic hydroxyl groups excluding tert-OH is 2.